The van der Waals surface area contributed by atoms with Crippen LogP contribution in [0.15, 0.2) is 53.5 Å². The molecular formula is C18H16N4S2. The van der Waals surface area contributed by atoms with Gasteiger partial charge in [-0.2, -0.15) is 0 Å². The second-order valence-corrected chi connectivity index (χ2v) is 7.27. The Morgan fingerprint density at radius 3 is 2.83 bits per heavy atom. The van der Waals surface area contributed by atoms with Crippen molar-refractivity contribution in [3.8, 4) is 0 Å². The molecule has 24 heavy (non-hydrogen) atoms. The summed E-state index contributed by atoms with van der Waals surface area (Å²) in [5.41, 5.74) is 2.44. The van der Waals surface area contributed by atoms with E-state index in [9.17, 15) is 0 Å². The molecule has 0 fully saturated rings. The van der Waals surface area contributed by atoms with Crippen LogP contribution in [0.25, 0.3) is 10.2 Å². The lowest BCUT2D eigenvalue weighted by Crippen LogP contribution is -2.07. The summed E-state index contributed by atoms with van der Waals surface area (Å²) in [4.78, 5) is 14.4. The van der Waals surface area contributed by atoms with Crippen LogP contribution < -0.4 is 5.32 Å². The number of hydrogen-bond acceptors (Lipinski definition) is 6. The summed E-state index contributed by atoms with van der Waals surface area (Å²) in [5, 5.41) is 9.85. The van der Waals surface area contributed by atoms with E-state index in [0.717, 1.165) is 41.1 Å². The van der Waals surface area contributed by atoms with Gasteiger partial charge in [-0.3, -0.25) is 0 Å². The zero-order chi connectivity index (χ0) is 16.2. The van der Waals surface area contributed by atoms with Crippen molar-refractivity contribution < 1.29 is 0 Å². The average Bonchev–Trinajstić information content (AvgIpc) is 3.25. The van der Waals surface area contributed by atoms with E-state index in [-0.39, 0.29) is 0 Å². The van der Waals surface area contributed by atoms with Gasteiger partial charge in [-0.25, -0.2) is 15.0 Å². The van der Waals surface area contributed by atoms with E-state index in [1.807, 2.05) is 11.4 Å². The van der Waals surface area contributed by atoms with Gasteiger partial charge in [-0.05, 0) is 17.0 Å². The maximum atomic E-state index is 4.74. The predicted molar refractivity (Wildman–Crippen MR) is 101 cm³/mol. The monoisotopic (exact) mass is 352 g/mol. The van der Waals surface area contributed by atoms with E-state index in [2.05, 4.69) is 51.0 Å². The summed E-state index contributed by atoms with van der Waals surface area (Å²) >= 11 is 3.37. The number of nitrogens with one attached hydrogen (secondary N) is 1. The molecule has 0 atom stereocenters. The molecule has 0 unspecified atom stereocenters. The summed E-state index contributed by atoms with van der Waals surface area (Å²) in [6.07, 6.45) is 3.41. The number of hydrogen-bond donors (Lipinski definition) is 1. The Balaban J connectivity index is 1.36. The third-order valence-corrected chi connectivity index (χ3v) is 5.45. The molecule has 0 aliphatic rings. The highest BCUT2D eigenvalue weighted by molar-refractivity contribution is 7.16. The van der Waals surface area contributed by atoms with Gasteiger partial charge in [0, 0.05) is 24.8 Å². The van der Waals surface area contributed by atoms with Crippen molar-refractivity contribution in [1.82, 2.24) is 15.0 Å². The molecule has 0 amide bonds. The molecule has 0 saturated carbocycles. The van der Waals surface area contributed by atoms with Crippen LogP contribution in [0, 0.1) is 0 Å². The van der Waals surface area contributed by atoms with Crippen LogP contribution in [-0.4, -0.2) is 21.5 Å². The zero-order valence-electron chi connectivity index (χ0n) is 13.0. The SMILES string of the molecule is c1ccc(Cc2nc(CCNc3ncnc4sccc34)cs2)cc1. The molecule has 0 saturated heterocycles. The largest absolute Gasteiger partial charge is 0.369 e. The predicted octanol–water partition coefficient (Wildman–Crippen LogP) is 4.39. The van der Waals surface area contributed by atoms with Crippen molar-refractivity contribution in [3.05, 3.63) is 69.8 Å². The first-order valence-electron chi connectivity index (χ1n) is 7.78. The highest BCUT2D eigenvalue weighted by Gasteiger charge is 2.06. The first kappa shape index (κ1) is 15.2. The number of fused-ring (bicyclic) bond motifs is 1. The van der Waals surface area contributed by atoms with Crippen LogP contribution in [0.5, 0.6) is 0 Å². The van der Waals surface area contributed by atoms with Gasteiger partial charge in [0.2, 0.25) is 0 Å². The number of anilines is 1. The van der Waals surface area contributed by atoms with E-state index in [0.29, 0.717) is 0 Å². The highest BCUT2D eigenvalue weighted by atomic mass is 32.1. The van der Waals surface area contributed by atoms with Crippen LogP contribution in [-0.2, 0) is 12.8 Å². The number of benzene rings is 1. The van der Waals surface area contributed by atoms with Gasteiger partial charge in [0.25, 0.3) is 0 Å². The lowest BCUT2D eigenvalue weighted by Gasteiger charge is -2.04. The number of aromatic nitrogens is 3. The first-order chi connectivity index (χ1) is 11.9. The highest BCUT2D eigenvalue weighted by Crippen LogP contribution is 2.23. The summed E-state index contributed by atoms with van der Waals surface area (Å²) in [5.74, 6) is 0.904. The first-order valence-corrected chi connectivity index (χ1v) is 9.54. The fourth-order valence-corrected chi connectivity index (χ4v) is 4.15. The smallest absolute Gasteiger partial charge is 0.138 e. The Kier molecular flexibility index (Phi) is 4.49. The Morgan fingerprint density at radius 1 is 1.00 bits per heavy atom. The minimum atomic E-state index is 0.816. The Hall–Kier alpha value is -2.31. The molecule has 0 aliphatic heterocycles. The van der Waals surface area contributed by atoms with Crippen LogP contribution in [0.2, 0.25) is 0 Å². The van der Waals surface area contributed by atoms with E-state index in [1.54, 1.807) is 29.0 Å². The molecule has 120 valence electrons. The second kappa shape index (κ2) is 7.07. The lowest BCUT2D eigenvalue weighted by molar-refractivity contribution is 0.951. The van der Waals surface area contributed by atoms with Crippen molar-refractivity contribution in [2.45, 2.75) is 12.8 Å². The van der Waals surface area contributed by atoms with Gasteiger partial charge < -0.3 is 5.32 Å². The van der Waals surface area contributed by atoms with Crippen LogP contribution in [0.3, 0.4) is 0 Å². The number of nitrogens with zero attached hydrogens (tertiary/aromatic N) is 3. The quantitative estimate of drug-likeness (QED) is 0.559. The molecule has 0 bridgehead atoms. The lowest BCUT2D eigenvalue weighted by atomic mass is 10.2. The number of thiophene rings is 1. The van der Waals surface area contributed by atoms with Gasteiger partial charge in [0.05, 0.1) is 16.1 Å². The maximum Gasteiger partial charge on any atom is 0.138 e. The minimum Gasteiger partial charge on any atom is -0.369 e. The summed E-state index contributed by atoms with van der Waals surface area (Å²) in [7, 11) is 0. The molecule has 0 radical (unpaired) electrons. The Labute approximate surface area is 148 Å². The number of thiazole rings is 1. The van der Waals surface area contributed by atoms with Crippen LogP contribution in [0.4, 0.5) is 5.82 Å². The topological polar surface area (TPSA) is 50.7 Å². The van der Waals surface area contributed by atoms with Gasteiger partial charge in [-0.15, -0.1) is 22.7 Å². The molecule has 3 aromatic heterocycles. The summed E-state index contributed by atoms with van der Waals surface area (Å²) < 4.78 is 0. The maximum absolute atomic E-state index is 4.74. The fourth-order valence-electron chi connectivity index (χ4n) is 2.56. The standard InChI is InChI=1S/C18H16N4S2/c1-2-4-13(5-3-1)10-16-22-14(11-24-16)6-8-19-17-15-7-9-23-18(15)21-12-20-17/h1-5,7,9,11-12H,6,8,10H2,(H,19,20,21). The molecular weight excluding hydrogens is 336 g/mol. The van der Waals surface area contributed by atoms with E-state index in [1.165, 1.54) is 10.6 Å². The minimum absolute atomic E-state index is 0.816. The molecule has 0 spiro atoms. The third kappa shape index (κ3) is 3.44. The van der Waals surface area contributed by atoms with Gasteiger partial charge >= 0.3 is 0 Å². The van der Waals surface area contributed by atoms with Gasteiger partial charge in [0.1, 0.15) is 17.0 Å². The Morgan fingerprint density at radius 2 is 1.92 bits per heavy atom. The van der Waals surface area contributed by atoms with Gasteiger partial charge in [-0.1, -0.05) is 30.3 Å². The van der Waals surface area contributed by atoms with Crippen molar-refractivity contribution in [2.24, 2.45) is 0 Å². The third-order valence-electron chi connectivity index (χ3n) is 3.73. The van der Waals surface area contributed by atoms with E-state index in [4.69, 9.17) is 4.98 Å². The normalized spacial score (nSPS) is 11.0. The Bertz CT molecular complexity index is 930. The van der Waals surface area contributed by atoms with Crippen molar-refractivity contribution in [3.63, 3.8) is 0 Å². The van der Waals surface area contributed by atoms with Crippen molar-refractivity contribution in [1.29, 1.82) is 0 Å². The van der Waals surface area contributed by atoms with Crippen LogP contribution in [0.1, 0.15) is 16.3 Å². The molecule has 1 aromatic carbocycles. The van der Waals surface area contributed by atoms with Crippen molar-refractivity contribution in [2.75, 3.05) is 11.9 Å². The fraction of sp³-hybridized carbons (Fsp3) is 0.167. The summed E-state index contributed by atoms with van der Waals surface area (Å²) in [6, 6.07) is 12.5. The molecule has 4 aromatic rings. The average molecular weight is 352 g/mol. The van der Waals surface area contributed by atoms with E-state index >= 15 is 0 Å². The molecule has 0 aliphatic carbocycles. The van der Waals surface area contributed by atoms with Crippen molar-refractivity contribution >= 4 is 38.7 Å². The second-order valence-electron chi connectivity index (χ2n) is 5.43. The molecule has 4 nitrogen and oxygen atoms in total. The number of rotatable bonds is 6. The van der Waals surface area contributed by atoms with Gasteiger partial charge in [0.15, 0.2) is 0 Å². The van der Waals surface area contributed by atoms with Crippen LogP contribution >= 0.6 is 22.7 Å². The molecule has 4 rings (SSSR count). The zero-order valence-corrected chi connectivity index (χ0v) is 14.6. The van der Waals surface area contributed by atoms with E-state index < -0.39 is 0 Å². The molecule has 6 heteroatoms. The molecule has 1 N–H and O–H groups in total. The molecule has 3 heterocycles. The summed E-state index contributed by atoms with van der Waals surface area (Å²) in [6.45, 7) is 0.816.